The van der Waals surface area contributed by atoms with Gasteiger partial charge in [-0.2, -0.15) is 0 Å². The summed E-state index contributed by atoms with van der Waals surface area (Å²) in [6.45, 7) is 0. The molecule has 0 amide bonds. The molecule has 2 N–H and O–H groups in total. The lowest BCUT2D eigenvalue weighted by Crippen LogP contribution is -2.47. The van der Waals surface area contributed by atoms with Crippen molar-refractivity contribution in [3.8, 4) is 0 Å². The Bertz CT molecular complexity index is 382. The maximum absolute atomic E-state index is 6.18. The largest absolute Gasteiger partial charge is 0.326 e. The van der Waals surface area contributed by atoms with Crippen LogP contribution in [-0.2, 0) is 0 Å². The molecule has 0 aromatic heterocycles. The molecule has 0 aliphatic heterocycles. The minimum atomic E-state index is 0. The van der Waals surface area contributed by atoms with Crippen LogP contribution in [0.25, 0.3) is 0 Å². The molecule has 1 saturated carbocycles. The first-order chi connectivity index (χ1) is 8.08. The zero-order valence-electron chi connectivity index (χ0n) is 11.0. The normalized spacial score (nSPS) is 27.9. The third-order valence-corrected chi connectivity index (χ3v) is 4.09. The summed E-state index contributed by atoms with van der Waals surface area (Å²) in [5.41, 5.74) is 7.54. The second kappa shape index (κ2) is 6.76. The molecule has 0 spiro atoms. The molecule has 4 heteroatoms. The summed E-state index contributed by atoms with van der Waals surface area (Å²) in [6, 6.07) is 9.03. The summed E-state index contributed by atoms with van der Waals surface area (Å²) < 4.78 is 0. The van der Waals surface area contributed by atoms with Gasteiger partial charge in [0, 0.05) is 17.1 Å². The van der Waals surface area contributed by atoms with Crippen LogP contribution in [0, 0.1) is 0 Å². The van der Waals surface area contributed by atoms with Crippen molar-refractivity contribution in [1.29, 1.82) is 0 Å². The van der Waals surface area contributed by atoms with Crippen molar-refractivity contribution < 1.29 is 0 Å². The van der Waals surface area contributed by atoms with Crippen LogP contribution >= 0.6 is 24.0 Å². The van der Waals surface area contributed by atoms with E-state index in [-0.39, 0.29) is 12.4 Å². The molecule has 0 radical (unpaired) electrons. The SMILES string of the molecule is CN(C)[C@H]1C[C@@H](c2cccc(Cl)c2)CC[C@@H]1N.Cl. The van der Waals surface area contributed by atoms with E-state index in [1.54, 1.807) is 0 Å². The fourth-order valence-corrected chi connectivity index (χ4v) is 3.03. The van der Waals surface area contributed by atoms with Crippen molar-refractivity contribution in [1.82, 2.24) is 4.90 Å². The summed E-state index contributed by atoms with van der Waals surface area (Å²) in [4.78, 5) is 2.25. The first kappa shape index (κ1) is 15.8. The molecule has 0 bridgehead atoms. The first-order valence-corrected chi connectivity index (χ1v) is 6.63. The highest BCUT2D eigenvalue weighted by atomic mass is 35.5. The van der Waals surface area contributed by atoms with E-state index in [1.807, 2.05) is 12.1 Å². The molecule has 1 aliphatic rings. The van der Waals surface area contributed by atoms with Gasteiger partial charge in [-0.25, -0.2) is 0 Å². The van der Waals surface area contributed by atoms with Gasteiger partial charge in [0.2, 0.25) is 0 Å². The molecule has 0 saturated heterocycles. The van der Waals surface area contributed by atoms with Crippen molar-refractivity contribution in [2.24, 2.45) is 5.73 Å². The molecular weight excluding hydrogens is 267 g/mol. The number of benzene rings is 1. The van der Waals surface area contributed by atoms with E-state index >= 15 is 0 Å². The molecule has 18 heavy (non-hydrogen) atoms. The summed E-state index contributed by atoms with van der Waals surface area (Å²) in [5.74, 6) is 0.598. The third-order valence-electron chi connectivity index (χ3n) is 3.85. The maximum atomic E-state index is 6.18. The number of rotatable bonds is 2. The Morgan fingerprint density at radius 3 is 2.61 bits per heavy atom. The van der Waals surface area contributed by atoms with Crippen LogP contribution in [0.5, 0.6) is 0 Å². The third kappa shape index (κ3) is 3.61. The number of hydrogen-bond acceptors (Lipinski definition) is 2. The van der Waals surface area contributed by atoms with Gasteiger partial charge in [0.25, 0.3) is 0 Å². The number of likely N-dealkylation sites (N-methyl/N-ethyl adjacent to an activating group) is 1. The van der Waals surface area contributed by atoms with E-state index in [9.17, 15) is 0 Å². The van der Waals surface area contributed by atoms with E-state index in [1.165, 1.54) is 12.0 Å². The number of nitrogens with zero attached hydrogens (tertiary/aromatic N) is 1. The van der Waals surface area contributed by atoms with Crippen LogP contribution in [0.15, 0.2) is 24.3 Å². The van der Waals surface area contributed by atoms with Crippen LogP contribution in [0.3, 0.4) is 0 Å². The van der Waals surface area contributed by atoms with Gasteiger partial charge in [-0.1, -0.05) is 23.7 Å². The van der Waals surface area contributed by atoms with E-state index in [0.29, 0.717) is 18.0 Å². The van der Waals surface area contributed by atoms with Crippen LogP contribution < -0.4 is 5.73 Å². The summed E-state index contributed by atoms with van der Waals surface area (Å²) in [6.07, 6.45) is 3.40. The minimum Gasteiger partial charge on any atom is -0.326 e. The quantitative estimate of drug-likeness (QED) is 0.905. The number of nitrogens with two attached hydrogens (primary N) is 1. The molecule has 1 fully saturated rings. The van der Waals surface area contributed by atoms with E-state index < -0.39 is 0 Å². The topological polar surface area (TPSA) is 29.3 Å². The van der Waals surface area contributed by atoms with E-state index in [0.717, 1.165) is 17.9 Å². The van der Waals surface area contributed by atoms with Gasteiger partial charge < -0.3 is 10.6 Å². The number of halogens is 2. The van der Waals surface area contributed by atoms with Gasteiger partial charge in [0.1, 0.15) is 0 Å². The lowest BCUT2D eigenvalue weighted by molar-refractivity contribution is 0.186. The lowest BCUT2D eigenvalue weighted by atomic mass is 9.78. The summed E-state index contributed by atoms with van der Waals surface area (Å²) >= 11 is 6.06. The predicted molar refractivity (Wildman–Crippen MR) is 80.7 cm³/mol. The summed E-state index contributed by atoms with van der Waals surface area (Å²) in [5, 5.41) is 0.832. The zero-order valence-corrected chi connectivity index (χ0v) is 12.5. The molecule has 2 nitrogen and oxygen atoms in total. The van der Waals surface area contributed by atoms with Gasteiger partial charge in [0.15, 0.2) is 0 Å². The molecule has 1 aromatic carbocycles. The smallest absolute Gasteiger partial charge is 0.0408 e. The van der Waals surface area contributed by atoms with Gasteiger partial charge in [0.05, 0.1) is 0 Å². The molecule has 2 rings (SSSR count). The fraction of sp³-hybridized carbons (Fsp3) is 0.571. The Balaban J connectivity index is 0.00000162. The monoisotopic (exact) mass is 288 g/mol. The Morgan fingerprint density at radius 1 is 1.28 bits per heavy atom. The molecule has 102 valence electrons. The molecule has 3 atom stereocenters. The highest BCUT2D eigenvalue weighted by Crippen LogP contribution is 2.34. The second-order valence-corrected chi connectivity index (χ2v) is 5.70. The van der Waals surface area contributed by atoms with Gasteiger partial charge in [-0.3, -0.25) is 0 Å². The highest BCUT2D eigenvalue weighted by molar-refractivity contribution is 6.30. The molecule has 0 unspecified atom stereocenters. The first-order valence-electron chi connectivity index (χ1n) is 6.25. The van der Waals surface area contributed by atoms with Crippen molar-refractivity contribution in [3.05, 3.63) is 34.9 Å². The predicted octanol–water partition coefficient (Wildman–Crippen LogP) is 3.29. The maximum Gasteiger partial charge on any atom is 0.0408 e. The fourth-order valence-electron chi connectivity index (χ4n) is 2.83. The summed E-state index contributed by atoms with van der Waals surface area (Å²) in [7, 11) is 4.23. The molecular formula is C14H22Cl2N2. The van der Waals surface area contributed by atoms with Crippen molar-refractivity contribution in [3.63, 3.8) is 0 Å². The Labute approximate surface area is 121 Å². The zero-order chi connectivity index (χ0) is 12.4. The lowest BCUT2D eigenvalue weighted by Gasteiger charge is -2.38. The number of hydrogen-bond donors (Lipinski definition) is 1. The van der Waals surface area contributed by atoms with Crippen LogP contribution in [0.4, 0.5) is 0 Å². The standard InChI is InChI=1S/C14H21ClN2.ClH/c1-17(2)14-9-11(6-7-13(14)16)10-4-3-5-12(15)8-10;/h3-5,8,11,13-14H,6-7,9,16H2,1-2H3;1H/t11-,13-,14-;/m0./s1. The van der Waals surface area contributed by atoms with Crippen LogP contribution in [-0.4, -0.2) is 31.1 Å². The minimum absolute atomic E-state index is 0. The van der Waals surface area contributed by atoms with Crippen LogP contribution in [0.1, 0.15) is 30.7 Å². The highest BCUT2D eigenvalue weighted by Gasteiger charge is 2.30. The van der Waals surface area contributed by atoms with Crippen LogP contribution in [0.2, 0.25) is 5.02 Å². The van der Waals surface area contributed by atoms with E-state index in [4.69, 9.17) is 17.3 Å². The molecule has 1 aromatic rings. The van der Waals surface area contributed by atoms with Gasteiger partial charge in [-0.05, 0) is 57.0 Å². The Kier molecular flexibility index (Phi) is 5.93. The van der Waals surface area contributed by atoms with Gasteiger partial charge in [-0.15, -0.1) is 12.4 Å². The molecule has 1 aliphatic carbocycles. The average molecular weight is 289 g/mol. The van der Waals surface area contributed by atoms with E-state index in [2.05, 4.69) is 31.1 Å². The Hall–Kier alpha value is -0.280. The van der Waals surface area contributed by atoms with Crippen molar-refractivity contribution in [2.75, 3.05) is 14.1 Å². The average Bonchev–Trinajstić information content (AvgIpc) is 2.29. The Morgan fingerprint density at radius 2 is 2.00 bits per heavy atom. The van der Waals surface area contributed by atoms with Gasteiger partial charge >= 0.3 is 0 Å². The van der Waals surface area contributed by atoms with Crippen molar-refractivity contribution >= 4 is 24.0 Å². The second-order valence-electron chi connectivity index (χ2n) is 5.26. The molecule has 0 heterocycles. The van der Waals surface area contributed by atoms with Crippen molar-refractivity contribution in [2.45, 2.75) is 37.3 Å².